The molecule has 0 aromatic carbocycles. The molecule has 4 heteroatoms. The molecule has 1 atom stereocenters. The maximum Gasteiger partial charge on any atom is 0.303 e. The van der Waals surface area contributed by atoms with Crippen LogP contribution in [0.3, 0.4) is 0 Å². The lowest BCUT2D eigenvalue weighted by Crippen LogP contribution is -2.02. The largest absolute Gasteiger partial charge is 0.481 e. The maximum absolute atomic E-state index is 10.6. The van der Waals surface area contributed by atoms with Crippen LogP contribution in [-0.2, 0) is 4.79 Å². The lowest BCUT2D eigenvalue weighted by molar-refractivity contribution is -0.137. The zero-order chi connectivity index (χ0) is 11.6. The van der Waals surface area contributed by atoms with Crippen molar-refractivity contribution in [1.29, 1.82) is 0 Å². The van der Waals surface area contributed by atoms with Crippen LogP contribution in [0.5, 0.6) is 0 Å². The molecule has 0 amide bonds. The number of carboxylic acid groups (broad SMARTS) is 1. The van der Waals surface area contributed by atoms with E-state index in [1.54, 1.807) is 0 Å². The first-order chi connectivity index (χ1) is 6.91. The van der Waals surface area contributed by atoms with Gasteiger partial charge in [0.25, 0.3) is 0 Å². The molecule has 0 bridgehead atoms. The first-order valence-electron chi connectivity index (χ1n) is 5.01. The highest BCUT2D eigenvalue weighted by molar-refractivity contribution is 6.29. The third-order valence-corrected chi connectivity index (χ3v) is 2.73. The summed E-state index contributed by atoms with van der Waals surface area (Å²) in [5.74, 6) is -0.782. The van der Waals surface area contributed by atoms with E-state index in [1.807, 2.05) is 37.6 Å². The van der Waals surface area contributed by atoms with Crippen LogP contribution >= 0.6 is 11.6 Å². The van der Waals surface area contributed by atoms with Crippen molar-refractivity contribution in [3.05, 3.63) is 23.0 Å². The van der Waals surface area contributed by atoms with Crippen LogP contribution in [0, 0.1) is 0 Å². The molecule has 0 aliphatic carbocycles. The molecule has 0 spiro atoms. The summed E-state index contributed by atoms with van der Waals surface area (Å²) in [5.41, 5.74) is 0.983. The number of rotatable bonds is 4. The van der Waals surface area contributed by atoms with E-state index in [4.69, 9.17) is 16.7 Å². The number of aliphatic carboxylic acids is 1. The minimum Gasteiger partial charge on any atom is -0.481 e. The van der Waals surface area contributed by atoms with Gasteiger partial charge in [-0.1, -0.05) is 18.5 Å². The fourth-order valence-electron chi connectivity index (χ4n) is 1.52. The molecule has 0 saturated carbocycles. The Morgan fingerprint density at radius 2 is 2.13 bits per heavy atom. The number of carbonyl (C=O) groups is 1. The van der Waals surface area contributed by atoms with Gasteiger partial charge in [-0.2, -0.15) is 0 Å². The van der Waals surface area contributed by atoms with E-state index < -0.39 is 5.97 Å². The normalized spacial score (nSPS) is 13.1. The van der Waals surface area contributed by atoms with Crippen molar-refractivity contribution in [3.8, 4) is 0 Å². The summed E-state index contributed by atoms with van der Waals surface area (Å²) in [7, 11) is 0. The third-order valence-electron chi connectivity index (χ3n) is 2.43. The second kappa shape index (κ2) is 4.71. The summed E-state index contributed by atoms with van der Waals surface area (Å²) in [6.45, 7) is 5.97. The maximum atomic E-state index is 10.6. The van der Waals surface area contributed by atoms with Crippen LogP contribution in [0.15, 0.2) is 12.3 Å². The third kappa shape index (κ3) is 2.99. The van der Waals surface area contributed by atoms with Crippen molar-refractivity contribution in [2.24, 2.45) is 0 Å². The highest BCUT2D eigenvalue weighted by Crippen LogP contribution is 2.26. The van der Waals surface area contributed by atoms with Gasteiger partial charge in [0.2, 0.25) is 0 Å². The Labute approximate surface area is 94.7 Å². The molecule has 0 radical (unpaired) electrons. The summed E-state index contributed by atoms with van der Waals surface area (Å²) < 4.78 is 1.94. The van der Waals surface area contributed by atoms with Gasteiger partial charge in [-0.3, -0.25) is 4.79 Å². The molecule has 0 saturated heterocycles. The van der Waals surface area contributed by atoms with Crippen LogP contribution in [-0.4, -0.2) is 15.6 Å². The van der Waals surface area contributed by atoms with Crippen molar-refractivity contribution in [2.45, 2.75) is 39.2 Å². The van der Waals surface area contributed by atoms with Gasteiger partial charge in [0.15, 0.2) is 0 Å². The lowest BCUT2D eigenvalue weighted by atomic mass is 10.0. The first kappa shape index (κ1) is 12.1. The molecule has 1 unspecified atom stereocenters. The minimum atomic E-state index is -0.782. The van der Waals surface area contributed by atoms with E-state index >= 15 is 0 Å². The molecular weight excluding hydrogens is 214 g/mol. The fraction of sp³-hybridized carbons (Fsp3) is 0.545. The Balaban J connectivity index is 2.87. The monoisotopic (exact) mass is 229 g/mol. The molecule has 15 heavy (non-hydrogen) atoms. The quantitative estimate of drug-likeness (QED) is 0.861. The molecular formula is C11H16ClNO2. The minimum absolute atomic E-state index is 0.000000000000000444. The Morgan fingerprint density at radius 3 is 2.53 bits per heavy atom. The predicted molar refractivity (Wildman–Crippen MR) is 60.5 cm³/mol. The fourth-order valence-corrected chi connectivity index (χ4v) is 1.89. The zero-order valence-electron chi connectivity index (χ0n) is 9.20. The van der Waals surface area contributed by atoms with Crippen molar-refractivity contribution >= 4 is 17.6 Å². The van der Waals surface area contributed by atoms with Gasteiger partial charge in [0, 0.05) is 12.2 Å². The van der Waals surface area contributed by atoms with Crippen LogP contribution in [0.25, 0.3) is 0 Å². The first-order valence-corrected chi connectivity index (χ1v) is 5.38. The second-order valence-corrected chi connectivity index (χ2v) is 4.48. The number of hydrogen-bond donors (Lipinski definition) is 1. The van der Waals surface area contributed by atoms with Crippen molar-refractivity contribution in [3.63, 3.8) is 0 Å². The lowest BCUT2D eigenvalue weighted by Gasteiger charge is -2.08. The number of aromatic nitrogens is 1. The highest BCUT2D eigenvalue weighted by atomic mass is 35.5. The van der Waals surface area contributed by atoms with Gasteiger partial charge in [0.05, 0.1) is 6.42 Å². The van der Waals surface area contributed by atoms with E-state index in [0.29, 0.717) is 11.2 Å². The van der Waals surface area contributed by atoms with Crippen LogP contribution in [0.1, 0.15) is 44.7 Å². The molecule has 1 heterocycles. The Kier molecular flexibility index (Phi) is 3.80. The Morgan fingerprint density at radius 1 is 1.53 bits per heavy atom. The number of halogens is 1. The van der Waals surface area contributed by atoms with Gasteiger partial charge < -0.3 is 9.67 Å². The van der Waals surface area contributed by atoms with Gasteiger partial charge >= 0.3 is 5.97 Å². The molecule has 0 fully saturated rings. The molecule has 0 aliphatic heterocycles. The second-order valence-electron chi connectivity index (χ2n) is 4.10. The van der Waals surface area contributed by atoms with Gasteiger partial charge in [-0.05, 0) is 31.4 Å². The number of hydrogen-bond acceptors (Lipinski definition) is 1. The number of nitrogens with zero attached hydrogens (tertiary/aromatic N) is 1. The topological polar surface area (TPSA) is 42.2 Å². The van der Waals surface area contributed by atoms with Gasteiger partial charge in [-0.15, -0.1) is 0 Å². The number of carboxylic acids is 1. The molecule has 0 aliphatic rings. The molecule has 3 nitrogen and oxygen atoms in total. The van der Waals surface area contributed by atoms with Crippen LogP contribution in [0.2, 0.25) is 5.15 Å². The summed E-state index contributed by atoms with van der Waals surface area (Å²) in [6.07, 6.45) is 2.07. The standard InChI is InChI=1S/C11H16ClNO2/c1-7(2)13-6-9(5-10(13)12)8(3)4-11(14)15/h5-8H,4H2,1-3H3,(H,14,15). The van der Waals surface area contributed by atoms with Crippen molar-refractivity contribution in [2.75, 3.05) is 0 Å². The van der Waals surface area contributed by atoms with Crippen LogP contribution in [0.4, 0.5) is 0 Å². The summed E-state index contributed by atoms with van der Waals surface area (Å²) in [6, 6.07) is 2.14. The molecule has 1 aromatic heterocycles. The average molecular weight is 230 g/mol. The Bertz CT molecular complexity index is 357. The summed E-state index contributed by atoms with van der Waals surface area (Å²) in [5, 5.41) is 9.35. The predicted octanol–water partition coefficient (Wildman–Crippen LogP) is 3.30. The molecule has 1 aromatic rings. The SMILES string of the molecule is CC(CC(=O)O)c1cc(Cl)n(C(C)C)c1. The Hall–Kier alpha value is -0.960. The average Bonchev–Trinajstić information content (AvgIpc) is 2.46. The van der Waals surface area contributed by atoms with E-state index in [9.17, 15) is 4.79 Å². The smallest absolute Gasteiger partial charge is 0.303 e. The van der Waals surface area contributed by atoms with Gasteiger partial charge in [0.1, 0.15) is 5.15 Å². The van der Waals surface area contributed by atoms with E-state index in [0.717, 1.165) is 5.56 Å². The van der Waals surface area contributed by atoms with Crippen molar-refractivity contribution in [1.82, 2.24) is 4.57 Å². The molecule has 1 rings (SSSR count). The van der Waals surface area contributed by atoms with Crippen LogP contribution < -0.4 is 0 Å². The highest BCUT2D eigenvalue weighted by Gasteiger charge is 2.14. The molecule has 84 valence electrons. The van der Waals surface area contributed by atoms with E-state index in [2.05, 4.69) is 0 Å². The van der Waals surface area contributed by atoms with E-state index in [-0.39, 0.29) is 12.3 Å². The summed E-state index contributed by atoms with van der Waals surface area (Å²) >= 11 is 6.04. The summed E-state index contributed by atoms with van der Waals surface area (Å²) in [4.78, 5) is 10.6. The van der Waals surface area contributed by atoms with Gasteiger partial charge in [-0.25, -0.2) is 0 Å². The molecule has 1 N–H and O–H groups in total. The zero-order valence-corrected chi connectivity index (χ0v) is 9.95. The van der Waals surface area contributed by atoms with E-state index in [1.165, 1.54) is 0 Å². The van der Waals surface area contributed by atoms with Crippen molar-refractivity contribution < 1.29 is 9.90 Å².